The Morgan fingerprint density at radius 3 is 2.92 bits per heavy atom. The molecule has 0 fully saturated rings. The van der Waals surface area contributed by atoms with Crippen molar-refractivity contribution in [2.24, 2.45) is 0 Å². The van der Waals surface area contributed by atoms with E-state index < -0.39 is 0 Å². The number of aromatic amines is 2. The molecule has 0 aliphatic heterocycles. The highest BCUT2D eigenvalue weighted by atomic mass is 16.1. The molecule has 4 heteroatoms. The molecule has 0 atom stereocenters. The lowest BCUT2D eigenvalue weighted by Crippen LogP contribution is -2.11. The normalized spacial score (nSPS) is 10.2. The molecule has 66 valence electrons. The van der Waals surface area contributed by atoms with E-state index in [9.17, 15) is 4.79 Å². The number of hydrogen-bond acceptors (Lipinski definition) is 2. The van der Waals surface area contributed by atoms with Crippen molar-refractivity contribution in [2.75, 3.05) is 0 Å². The highest BCUT2D eigenvalue weighted by Gasteiger charge is 2.00. The van der Waals surface area contributed by atoms with Crippen LogP contribution in [0, 0.1) is 6.92 Å². The number of hydrogen-bond donors (Lipinski definition) is 2. The Hall–Kier alpha value is -1.84. The van der Waals surface area contributed by atoms with Crippen LogP contribution in [0.5, 0.6) is 0 Å². The number of rotatable bonds is 1. The van der Waals surface area contributed by atoms with E-state index in [4.69, 9.17) is 0 Å². The molecule has 2 aromatic heterocycles. The van der Waals surface area contributed by atoms with E-state index in [-0.39, 0.29) is 5.69 Å². The molecule has 0 bridgehead atoms. The number of aromatic nitrogens is 3. The van der Waals surface area contributed by atoms with E-state index in [1.807, 2.05) is 19.1 Å². The van der Waals surface area contributed by atoms with Gasteiger partial charge in [0, 0.05) is 23.7 Å². The molecule has 0 unspecified atom stereocenters. The Morgan fingerprint density at radius 2 is 2.31 bits per heavy atom. The summed E-state index contributed by atoms with van der Waals surface area (Å²) >= 11 is 0. The summed E-state index contributed by atoms with van der Waals surface area (Å²) in [6.45, 7) is 1.83. The zero-order valence-corrected chi connectivity index (χ0v) is 7.16. The highest BCUT2D eigenvalue weighted by Crippen LogP contribution is 2.13. The third-order valence-electron chi connectivity index (χ3n) is 1.77. The second-order valence-electron chi connectivity index (χ2n) is 2.85. The fraction of sp³-hybridized carbons (Fsp3) is 0.111. The Labute approximate surface area is 74.7 Å². The predicted molar refractivity (Wildman–Crippen MR) is 49.4 cm³/mol. The van der Waals surface area contributed by atoms with Gasteiger partial charge < -0.3 is 9.97 Å². The molecule has 0 aromatic carbocycles. The van der Waals surface area contributed by atoms with E-state index in [2.05, 4.69) is 15.0 Å². The number of aryl methyl sites for hydroxylation is 1. The Balaban J connectivity index is 2.59. The summed E-state index contributed by atoms with van der Waals surface area (Å²) in [5.41, 5.74) is 2.13. The first-order chi connectivity index (χ1) is 6.25. The molecule has 13 heavy (non-hydrogen) atoms. The summed E-state index contributed by atoms with van der Waals surface area (Å²) in [7, 11) is 0. The molecule has 4 nitrogen and oxygen atoms in total. The monoisotopic (exact) mass is 175 g/mol. The van der Waals surface area contributed by atoms with Crippen molar-refractivity contribution in [3.63, 3.8) is 0 Å². The lowest BCUT2D eigenvalue weighted by molar-refractivity contribution is 1.03. The van der Waals surface area contributed by atoms with Crippen LogP contribution in [0.2, 0.25) is 0 Å². The molecule has 0 saturated heterocycles. The molecule has 0 spiro atoms. The van der Waals surface area contributed by atoms with Crippen molar-refractivity contribution in [3.05, 3.63) is 40.7 Å². The fourth-order valence-corrected chi connectivity index (χ4v) is 1.21. The van der Waals surface area contributed by atoms with E-state index in [0.717, 1.165) is 11.3 Å². The van der Waals surface area contributed by atoms with Gasteiger partial charge >= 0.3 is 5.69 Å². The zero-order chi connectivity index (χ0) is 9.26. The molecule has 2 aromatic rings. The van der Waals surface area contributed by atoms with Gasteiger partial charge in [0.15, 0.2) is 0 Å². The number of nitrogens with one attached hydrogen (secondary N) is 2. The van der Waals surface area contributed by atoms with Crippen molar-refractivity contribution in [1.29, 1.82) is 0 Å². The molecular weight excluding hydrogens is 166 g/mol. The van der Waals surface area contributed by atoms with Crippen LogP contribution in [0.4, 0.5) is 0 Å². The lowest BCUT2D eigenvalue weighted by atomic mass is 10.2. The topological polar surface area (TPSA) is 61.5 Å². The van der Waals surface area contributed by atoms with Crippen LogP contribution in [0.3, 0.4) is 0 Å². The molecule has 2 heterocycles. The van der Waals surface area contributed by atoms with Crippen LogP contribution < -0.4 is 5.69 Å². The van der Waals surface area contributed by atoms with Gasteiger partial charge in [0.25, 0.3) is 0 Å². The molecule has 2 N–H and O–H groups in total. The van der Waals surface area contributed by atoms with Gasteiger partial charge in [-0.25, -0.2) is 4.79 Å². The standard InChI is InChI=1S/C9H9N3O/c1-6-4-8(12-9(13)11-6)7-2-3-10-5-7/h2-5,10H,1H3,(H,11,12,13). The van der Waals surface area contributed by atoms with Gasteiger partial charge in [-0.1, -0.05) is 0 Å². The van der Waals surface area contributed by atoms with Crippen LogP contribution in [-0.2, 0) is 0 Å². The summed E-state index contributed by atoms with van der Waals surface area (Å²) in [5, 5.41) is 0. The van der Waals surface area contributed by atoms with Crippen molar-refractivity contribution >= 4 is 0 Å². The summed E-state index contributed by atoms with van der Waals surface area (Å²) in [6, 6.07) is 3.71. The molecule has 0 aliphatic rings. The third-order valence-corrected chi connectivity index (χ3v) is 1.77. The van der Waals surface area contributed by atoms with Gasteiger partial charge in [0.1, 0.15) is 0 Å². The Kier molecular flexibility index (Phi) is 1.73. The lowest BCUT2D eigenvalue weighted by Gasteiger charge is -1.96. The smallest absolute Gasteiger partial charge is 0.345 e. The Morgan fingerprint density at radius 1 is 1.46 bits per heavy atom. The van der Waals surface area contributed by atoms with Gasteiger partial charge in [-0.3, -0.25) is 0 Å². The van der Waals surface area contributed by atoms with E-state index in [0.29, 0.717) is 5.69 Å². The predicted octanol–water partition coefficient (Wildman–Crippen LogP) is 1.07. The average molecular weight is 175 g/mol. The minimum absolute atomic E-state index is 0.309. The maximum Gasteiger partial charge on any atom is 0.345 e. The highest BCUT2D eigenvalue weighted by molar-refractivity contribution is 5.57. The molecule has 0 amide bonds. The van der Waals surface area contributed by atoms with E-state index in [1.165, 1.54) is 0 Å². The first kappa shape index (κ1) is 7.79. The van der Waals surface area contributed by atoms with E-state index >= 15 is 0 Å². The van der Waals surface area contributed by atoms with Crippen LogP contribution >= 0.6 is 0 Å². The van der Waals surface area contributed by atoms with Crippen molar-refractivity contribution in [3.8, 4) is 11.3 Å². The van der Waals surface area contributed by atoms with Gasteiger partial charge in [0.2, 0.25) is 0 Å². The fourth-order valence-electron chi connectivity index (χ4n) is 1.21. The zero-order valence-electron chi connectivity index (χ0n) is 7.16. The largest absolute Gasteiger partial charge is 0.367 e. The average Bonchev–Trinajstić information content (AvgIpc) is 2.53. The van der Waals surface area contributed by atoms with Crippen LogP contribution in [-0.4, -0.2) is 15.0 Å². The minimum Gasteiger partial charge on any atom is -0.367 e. The quantitative estimate of drug-likeness (QED) is 0.681. The number of nitrogens with zero attached hydrogens (tertiary/aromatic N) is 1. The molecular formula is C9H9N3O. The summed E-state index contributed by atoms with van der Waals surface area (Å²) < 4.78 is 0. The second kappa shape index (κ2) is 2.90. The van der Waals surface area contributed by atoms with Crippen molar-refractivity contribution in [1.82, 2.24) is 15.0 Å². The molecule has 0 aliphatic carbocycles. The first-order valence-electron chi connectivity index (χ1n) is 3.97. The van der Waals surface area contributed by atoms with Gasteiger partial charge in [-0.05, 0) is 19.1 Å². The van der Waals surface area contributed by atoms with Crippen molar-refractivity contribution in [2.45, 2.75) is 6.92 Å². The first-order valence-corrected chi connectivity index (χ1v) is 3.97. The third kappa shape index (κ3) is 1.51. The van der Waals surface area contributed by atoms with E-state index in [1.54, 1.807) is 12.4 Å². The van der Waals surface area contributed by atoms with Crippen molar-refractivity contribution < 1.29 is 0 Å². The van der Waals surface area contributed by atoms with Gasteiger partial charge in [-0.15, -0.1) is 0 Å². The summed E-state index contributed by atoms with van der Waals surface area (Å²) in [5.74, 6) is 0. The maximum atomic E-state index is 11.0. The van der Waals surface area contributed by atoms with Crippen LogP contribution in [0.15, 0.2) is 29.3 Å². The second-order valence-corrected chi connectivity index (χ2v) is 2.85. The van der Waals surface area contributed by atoms with Gasteiger partial charge in [-0.2, -0.15) is 4.98 Å². The molecule has 0 radical (unpaired) electrons. The molecule has 0 saturated carbocycles. The SMILES string of the molecule is Cc1cc(-c2cc[nH]c2)nc(=O)[nH]1. The Bertz CT molecular complexity index is 456. The molecule has 2 rings (SSSR count). The van der Waals surface area contributed by atoms with Crippen LogP contribution in [0.25, 0.3) is 11.3 Å². The number of H-pyrrole nitrogens is 2. The summed E-state index contributed by atoms with van der Waals surface area (Å²) in [6.07, 6.45) is 3.61. The van der Waals surface area contributed by atoms with Crippen LogP contribution in [0.1, 0.15) is 5.69 Å². The summed E-state index contributed by atoms with van der Waals surface area (Å²) in [4.78, 5) is 20.4. The maximum absolute atomic E-state index is 11.0. The van der Waals surface area contributed by atoms with Gasteiger partial charge in [0.05, 0.1) is 5.69 Å². The minimum atomic E-state index is -0.309.